The first-order valence-corrected chi connectivity index (χ1v) is 8.64. The van der Waals surface area contributed by atoms with Crippen molar-refractivity contribution in [2.24, 2.45) is 0 Å². The minimum atomic E-state index is 0.329. The van der Waals surface area contributed by atoms with Crippen LogP contribution in [0, 0.1) is 0 Å². The lowest BCUT2D eigenvalue weighted by Gasteiger charge is -2.32. The smallest absolute Gasteiger partial charge is 0.195 e. The molecule has 21 heavy (non-hydrogen) atoms. The van der Waals surface area contributed by atoms with Gasteiger partial charge < -0.3 is 15.0 Å². The van der Waals surface area contributed by atoms with E-state index in [4.69, 9.17) is 9.72 Å². The molecular formula is C15H24N4OS. The number of thiazole rings is 1. The minimum absolute atomic E-state index is 0.329. The third kappa shape index (κ3) is 3.07. The van der Waals surface area contributed by atoms with Gasteiger partial charge in [0.1, 0.15) is 0 Å². The normalized spacial score (nSPS) is 19.5. The van der Waals surface area contributed by atoms with Crippen molar-refractivity contribution in [1.82, 2.24) is 14.7 Å². The minimum Gasteiger partial charge on any atom is -0.380 e. The maximum absolute atomic E-state index is 5.55. The van der Waals surface area contributed by atoms with Gasteiger partial charge >= 0.3 is 0 Å². The van der Waals surface area contributed by atoms with E-state index in [0.717, 1.165) is 49.8 Å². The van der Waals surface area contributed by atoms with Gasteiger partial charge in [-0.3, -0.25) is 4.40 Å². The number of aromatic nitrogens is 2. The van der Waals surface area contributed by atoms with Crippen molar-refractivity contribution >= 4 is 22.1 Å². The van der Waals surface area contributed by atoms with Gasteiger partial charge in [-0.1, -0.05) is 6.92 Å². The van der Waals surface area contributed by atoms with Crippen LogP contribution in [0.2, 0.25) is 0 Å². The molecule has 1 atom stereocenters. The topological polar surface area (TPSA) is 41.8 Å². The van der Waals surface area contributed by atoms with Crippen molar-refractivity contribution in [3.63, 3.8) is 0 Å². The first-order chi connectivity index (χ1) is 10.3. The number of hydrogen-bond acceptors (Lipinski definition) is 5. The summed E-state index contributed by atoms with van der Waals surface area (Å²) in [5.74, 6) is 1.13. The summed E-state index contributed by atoms with van der Waals surface area (Å²) >= 11 is 1.70. The molecule has 1 unspecified atom stereocenters. The third-order valence-electron chi connectivity index (χ3n) is 4.07. The van der Waals surface area contributed by atoms with Gasteiger partial charge in [0.15, 0.2) is 10.8 Å². The Balaban J connectivity index is 1.85. The maximum Gasteiger partial charge on any atom is 0.195 e. The number of ether oxygens (including phenoxy) is 1. The van der Waals surface area contributed by atoms with Gasteiger partial charge in [0, 0.05) is 38.3 Å². The van der Waals surface area contributed by atoms with Crippen LogP contribution in [0.4, 0.5) is 5.82 Å². The predicted molar refractivity (Wildman–Crippen MR) is 87.3 cm³/mol. The molecular weight excluding hydrogens is 284 g/mol. The van der Waals surface area contributed by atoms with E-state index in [1.165, 1.54) is 12.1 Å². The standard InChI is InChI=1S/C15H24N4OS/c1-3-6-16-10-13-14(17-15-19(13)8-9-21-15)18-7-4-5-12(11-18)20-2/h8-9,12,16H,3-7,10-11H2,1-2H3. The molecule has 0 aliphatic carbocycles. The van der Waals surface area contributed by atoms with Crippen molar-refractivity contribution in [3.05, 3.63) is 17.3 Å². The molecule has 0 spiro atoms. The van der Waals surface area contributed by atoms with Crippen LogP contribution in [-0.2, 0) is 11.3 Å². The molecule has 0 bridgehead atoms. The summed E-state index contributed by atoms with van der Waals surface area (Å²) in [6.45, 7) is 6.12. The van der Waals surface area contributed by atoms with Crippen LogP contribution >= 0.6 is 11.3 Å². The van der Waals surface area contributed by atoms with E-state index in [9.17, 15) is 0 Å². The van der Waals surface area contributed by atoms with Crippen molar-refractivity contribution < 1.29 is 4.74 Å². The van der Waals surface area contributed by atoms with Crippen molar-refractivity contribution in [2.45, 2.75) is 38.8 Å². The second kappa shape index (κ2) is 6.77. The number of nitrogens with one attached hydrogen (secondary N) is 1. The van der Waals surface area contributed by atoms with Crippen molar-refractivity contribution in [2.75, 3.05) is 31.6 Å². The Morgan fingerprint density at radius 1 is 1.52 bits per heavy atom. The number of hydrogen-bond donors (Lipinski definition) is 1. The Morgan fingerprint density at radius 3 is 3.24 bits per heavy atom. The van der Waals surface area contributed by atoms with Gasteiger partial charge in [0.05, 0.1) is 11.8 Å². The number of piperidine rings is 1. The average molecular weight is 308 g/mol. The SMILES string of the molecule is CCCNCc1c(N2CCCC(OC)C2)nc2sccn12. The number of methoxy groups -OCH3 is 1. The molecule has 0 saturated carbocycles. The molecule has 0 amide bonds. The van der Waals surface area contributed by atoms with Crippen LogP contribution in [0.3, 0.4) is 0 Å². The summed E-state index contributed by atoms with van der Waals surface area (Å²) in [4.78, 5) is 8.33. The zero-order valence-electron chi connectivity index (χ0n) is 12.8. The van der Waals surface area contributed by atoms with Gasteiger partial charge in [-0.15, -0.1) is 11.3 Å². The van der Waals surface area contributed by atoms with Crippen LogP contribution in [0.5, 0.6) is 0 Å². The lowest BCUT2D eigenvalue weighted by Crippen LogP contribution is -2.40. The molecule has 1 aliphatic heterocycles. The Bertz CT molecular complexity index is 579. The largest absolute Gasteiger partial charge is 0.380 e. The lowest BCUT2D eigenvalue weighted by atomic mass is 10.1. The zero-order valence-corrected chi connectivity index (χ0v) is 13.7. The number of rotatable bonds is 6. The maximum atomic E-state index is 5.55. The molecule has 0 aromatic carbocycles. The van der Waals surface area contributed by atoms with Crippen LogP contribution < -0.4 is 10.2 Å². The van der Waals surface area contributed by atoms with E-state index < -0.39 is 0 Å². The monoisotopic (exact) mass is 308 g/mol. The highest BCUT2D eigenvalue weighted by Gasteiger charge is 2.24. The van der Waals surface area contributed by atoms with Gasteiger partial charge in [0.2, 0.25) is 0 Å². The fourth-order valence-corrected chi connectivity index (χ4v) is 3.67. The summed E-state index contributed by atoms with van der Waals surface area (Å²) in [6.07, 6.45) is 5.92. The van der Waals surface area contributed by atoms with E-state index in [-0.39, 0.29) is 0 Å². The molecule has 6 heteroatoms. The average Bonchev–Trinajstić information content (AvgIpc) is 3.09. The second-order valence-corrected chi connectivity index (χ2v) is 6.43. The van der Waals surface area contributed by atoms with E-state index in [1.807, 2.05) is 7.11 Å². The predicted octanol–water partition coefficient (Wildman–Crippen LogP) is 2.51. The molecule has 1 saturated heterocycles. The number of fused-ring (bicyclic) bond motifs is 1. The fourth-order valence-electron chi connectivity index (χ4n) is 2.95. The molecule has 2 aromatic heterocycles. The Labute approximate surface area is 129 Å². The Morgan fingerprint density at radius 2 is 2.43 bits per heavy atom. The number of nitrogens with zero attached hydrogens (tertiary/aromatic N) is 3. The molecule has 3 heterocycles. The molecule has 2 aromatic rings. The van der Waals surface area contributed by atoms with Crippen molar-refractivity contribution in [3.8, 4) is 0 Å². The van der Waals surface area contributed by atoms with Gasteiger partial charge in [0.25, 0.3) is 0 Å². The fraction of sp³-hybridized carbons (Fsp3) is 0.667. The molecule has 5 nitrogen and oxygen atoms in total. The van der Waals surface area contributed by atoms with Crippen LogP contribution in [0.1, 0.15) is 31.9 Å². The number of anilines is 1. The molecule has 116 valence electrons. The quantitative estimate of drug-likeness (QED) is 0.833. The van der Waals surface area contributed by atoms with Gasteiger partial charge in [-0.25, -0.2) is 4.98 Å². The summed E-state index contributed by atoms with van der Waals surface area (Å²) in [5.41, 5.74) is 1.27. The molecule has 1 fully saturated rings. The van der Waals surface area contributed by atoms with Crippen molar-refractivity contribution in [1.29, 1.82) is 0 Å². The Hall–Kier alpha value is -1.11. The summed E-state index contributed by atoms with van der Waals surface area (Å²) in [5, 5.41) is 5.61. The molecule has 1 N–H and O–H groups in total. The van der Waals surface area contributed by atoms with E-state index >= 15 is 0 Å². The van der Waals surface area contributed by atoms with E-state index in [0.29, 0.717) is 6.10 Å². The van der Waals surface area contributed by atoms with Gasteiger partial charge in [-0.05, 0) is 25.8 Å². The first-order valence-electron chi connectivity index (χ1n) is 7.76. The van der Waals surface area contributed by atoms with Crippen LogP contribution in [0.15, 0.2) is 11.6 Å². The van der Waals surface area contributed by atoms with Crippen LogP contribution in [-0.4, -0.2) is 42.2 Å². The van der Waals surface area contributed by atoms with E-state index in [1.54, 1.807) is 11.3 Å². The van der Waals surface area contributed by atoms with E-state index in [2.05, 4.69) is 33.1 Å². The first kappa shape index (κ1) is 14.8. The lowest BCUT2D eigenvalue weighted by molar-refractivity contribution is 0.0891. The number of imidazole rings is 1. The summed E-state index contributed by atoms with van der Waals surface area (Å²) in [7, 11) is 1.81. The summed E-state index contributed by atoms with van der Waals surface area (Å²) < 4.78 is 7.77. The summed E-state index contributed by atoms with van der Waals surface area (Å²) in [6, 6.07) is 0. The van der Waals surface area contributed by atoms with Crippen LogP contribution in [0.25, 0.3) is 4.96 Å². The highest BCUT2D eigenvalue weighted by Crippen LogP contribution is 2.27. The highest BCUT2D eigenvalue weighted by molar-refractivity contribution is 7.15. The van der Waals surface area contributed by atoms with Gasteiger partial charge in [-0.2, -0.15) is 0 Å². The highest BCUT2D eigenvalue weighted by atomic mass is 32.1. The molecule has 1 aliphatic rings. The zero-order chi connectivity index (χ0) is 14.7. The molecule has 0 radical (unpaired) electrons. The Kier molecular flexibility index (Phi) is 4.77. The third-order valence-corrected chi connectivity index (χ3v) is 4.83. The second-order valence-electron chi connectivity index (χ2n) is 5.56. The molecule has 3 rings (SSSR count).